The zero-order chi connectivity index (χ0) is 28.9. The van der Waals surface area contributed by atoms with Crippen molar-refractivity contribution in [3.8, 4) is 0 Å². The van der Waals surface area contributed by atoms with Crippen LogP contribution in [0.2, 0.25) is 0 Å². The first kappa shape index (κ1) is 30.4. The van der Waals surface area contributed by atoms with Crippen LogP contribution in [0.4, 0.5) is 5.69 Å². The Morgan fingerprint density at radius 1 is 1.15 bits per heavy atom. The first-order chi connectivity index (χ1) is 19.3. The van der Waals surface area contributed by atoms with Gasteiger partial charge in [-0.15, -0.1) is 24.9 Å². The van der Waals surface area contributed by atoms with E-state index < -0.39 is 22.6 Å². The lowest BCUT2D eigenvalue weighted by atomic mass is 9.71. The van der Waals surface area contributed by atoms with Gasteiger partial charge in [0.1, 0.15) is 6.04 Å². The minimum Gasteiger partial charge on any atom is -0.465 e. The summed E-state index contributed by atoms with van der Waals surface area (Å²) in [6, 6.07) is 5.30. The standard InChI is InChI=1S/C32H44N2O5S/c1-5-7-8-12-21-39-31(38)25-24-16-17-32(40-24)26(25)29(36)34(19-10-9-11-20-35)28(32)30(37)33(18-6-2)27-22(3)14-13-15-23(27)4/h5-6,13-15,24-26,28,35H,1-2,7-12,16-21H2,3-4H3/t24-,25+,26+,28?,32?/m1/s1. The Morgan fingerprint density at radius 2 is 1.90 bits per heavy atom. The number of nitrogens with zero attached hydrogens (tertiary/aromatic N) is 2. The zero-order valence-corrected chi connectivity index (χ0v) is 24.8. The van der Waals surface area contributed by atoms with Gasteiger partial charge in [0.2, 0.25) is 5.91 Å². The first-order valence-electron chi connectivity index (χ1n) is 14.7. The summed E-state index contributed by atoms with van der Waals surface area (Å²) in [5, 5.41) is 9.26. The molecule has 5 atom stereocenters. The summed E-state index contributed by atoms with van der Waals surface area (Å²) in [4.78, 5) is 45.8. The molecule has 1 aromatic carbocycles. The topological polar surface area (TPSA) is 87.1 Å². The molecule has 40 heavy (non-hydrogen) atoms. The van der Waals surface area contributed by atoms with Crippen LogP contribution < -0.4 is 4.90 Å². The molecule has 8 heteroatoms. The number of carbonyl (C=O) groups excluding carboxylic acids is 3. The number of likely N-dealkylation sites (tertiary alicyclic amines) is 1. The van der Waals surface area contributed by atoms with Gasteiger partial charge in [-0.05, 0) is 76.3 Å². The Hall–Kier alpha value is -2.58. The summed E-state index contributed by atoms with van der Waals surface area (Å²) in [5.74, 6) is -1.61. The van der Waals surface area contributed by atoms with Gasteiger partial charge in [-0.2, -0.15) is 0 Å². The monoisotopic (exact) mass is 568 g/mol. The van der Waals surface area contributed by atoms with E-state index >= 15 is 0 Å². The highest BCUT2D eigenvalue weighted by Crippen LogP contribution is 2.66. The third-order valence-corrected chi connectivity index (χ3v) is 10.6. The van der Waals surface area contributed by atoms with Crippen molar-refractivity contribution in [3.05, 3.63) is 54.6 Å². The van der Waals surface area contributed by atoms with Crippen LogP contribution in [-0.2, 0) is 19.1 Å². The molecular formula is C32H44N2O5S. The van der Waals surface area contributed by atoms with Crippen LogP contribution in [0.3, 0.4) is 0 Å². The Morgan fingerprint density at radius 3 is 2.58 bits per heavy atom. The third kappa shape index (κ3) is 5.62. The number of unbranched alkanes of at least 4 members (excludes halogenated alkanes) is 4. The molecule has 0 saturated carbocycles. The van der Waals surface area contributed by atoms with Crippen molar-refractivity contribution in [3.63, 3.8) is 0 Å². The van der Waals surface area contributed by atoms with Gasteiger partial charge in [0.05, 0.1) is 23.2 Å². The molecule has 0 radical (unpaired) electrons. The summed E-state index contributed by atoms with van der Waals surface area (Å²) in [5.41, 5.74) is 2.83. The summed E-state index contributed by atoms with van der Waals surface area (Å²) < 4.78 is 5.06. The van der Waals surface area contributed by atoms with Crippen LogP contribution in [0.5, 0.6) is 0 Å². The van der Waals surface area contributed by atoms with E-state index in [2.05, 4.69) is 13.2 Å². The predicted molar refractivity (Wildman–Crippen MR) is 160 cm³/mol. The molecule has 2 unspecified atom stereocenters. The highest BCUT2D eigenvalue weighted by molar-refractivity contribution is 8.02. The van der Waals surface area contributed by atoms with E-state index in [1.165, 1.54) is 0 Å². The van der Waals surface area contributed by atoms with Crippen LogP contribution in [0.15, 0.2) is 43.5 Å². The molecule has 0 aromatic heterocycles. The molecule has 3 aliphatic heterocycles. The molecule has 1 aromatic rings. The summed E-state index contributed by atoms with van der Waals surface area (Å²) in [6.07, 6.45) is 9.74. The van der Waals surface area contributed by atoms with Gasteiger partial charge in [-0.1, -0.05) is 30.4 Å². The van der Waals surface area contributed by atoms with Crippen LogP contribution in [-0.4, -0.2) is 70.1 Å². The number of benzene rings is 1. The lowest BCUT2D eigenvalue weighted by molar-refractivity contribution is -0.154. The fraction of sp³-hybridized carbons (Fsp3) is 0.594. The highest BCUT2D eigenvalue weighted by Gasteiger charge is 2.74. The molecular weight excluding hydrogens is 524 g/mol. The molecule has 1 N–H and O–H groups in total. The summed E-state index contributed by atoms with van der Waals surface area (Å²) >= 11 is 1.67. The molecule has 2 amide bonds. The minimum absolute atomic E-state index is 0.0190. The highest BCUT2D eigenvalue weighted by atomic mass is 32.2. The number of fused-ring (bicyclic) bond motifs is 1. The zero-order valence-electron chi connectivity index (χ0n) is 24.0. The molecule has 2 bridgehead atoms. The Kier molecular flexibility index (Phi) is 10.2. The van der Waals surface area contributed by atoms with E-state index in [1.807, 2.05) is 38.1 Å². The molecule has 3 fully saturated rings. The van der Waals surface area contributed by atoms with E-state index in [1.54, 1.807) is 27.6 Å². The van der Waals surface area contributed by atoms with Gasteiger partial charge in [0, 0.05) is 30.6 Å². The first-order valence-corrected chi connectivity index (χ1v) is 15.6. The lowest BCUT2D eigenvalue weighted by Crippen LogP contribution is -2.55. The van der Waals surface area contributed by atoms with Crippen LogP contribution in [0.1, 0.15) is 62.5 Å². The van der Waals surface area contributed by atoms with Crippen LogP contribution >= 0.6 is 11.8 Å². The number of thioether (sulfide) groups is 1. The van der Waals surface area contributed by atoms with Crippen molar-refractivity contribution in [2.75, 3.05) is 31.2 Å². The van der Waals surface area contributed by atoms with Crippen molar-refractivity contribution >= 4 is 35.2 Å². The molecule has 7 nitrogen and oxygen atoms in total. The Labute approximate surface area is 243 Å². The average molecular weight is 569 g/mol. The van der Waals surface area contributed by atoms with Crippen molar-refractivity contribution in [1.82, 2.24) is 4.90 Å². The lowest BCUT2D eigenvalue weighted by Gasteiger charge is -2.38. The largest absolute Gasteiger partial charge is 0.465 e. The second-order valence-electron chi connectivity index (χ2n) is 11.3. The second-order valence-corrected chi connectivity index (χ2v) is 12.9. The number of aryl methyl sites for hydroxylation is 2. The van der Waals surface area contributed by atoms with Gasteiger partial charge in [-0.25, -0.2) is 0 Å². The normalized spacial score (nSPS) is 26.6. The van der Waals surface area contributed by atoms with E-state index in [0.717, 1.165) is 55.3 Å². The molecule has 0 aliphatic carbocycles. The van der Waals surface area contributed by atoms with Crippen molar-refractivity contribution in [2.24, 2.45) is 11.8 Å². The molecule has 3 heterocycles. The molecule has 3 aliphatic rings. The number of anilines is 1. The predicted octanol–water partition coefficient (Wildman–Crippen LogP) is 4.98. The van der Waals surface area contributed by atoms with Crippen molar-refractivity contribution < 1.29 is 24.2 Å². The Bertz CT molecular complexity index is 1100. The maximum atomic E-state index is 14.7. The van der Waals surface area contributed by atoms with Crippen molar-refractivity contribution in [1.29, 1.82) is 0 Å². The maximum absolute atomic E-state index is 14.7. The van der Waals surface area contributed by atoms with Crippen LogP contribution in [0, 0.1) is 25.7 Å². The quantitative estimate of drug-likeness (QED) is 0.183. The van der Waals surface area contributed by atoms with E-state index in [-0.39, 0.29) is 29.6 Å². The molecule has 3 saturated heterocycles. The van der Waals surface area contributed by atoms with Gasteiger partial charge >= 0.3 is 5.97 Å². The smallest absolute Gasteiger partial charge is 0.310 e. The minimum atomic E-state index is -0.668. The number of hydrogen-bond donors (Lipinski definition) is 1. The van der Waals surface area contributed by atoms with Crippen molar-refractivity contribution in [2.45, 2.75) is 81.3 Å². The SMILES string of the molecule is C=CCCCCOC(=O)[C@@H]1[C@H]2C(=O)N(CCCCCO)C(C(=O)N(CC=C)c3c(C)cccc3C)C23CC[C@H]1S3. The van der Waals surface area contributed by atoms with Gasteiger partial charge in [-0.3, -0.25) is 14.4 Å². The van der Waals surface area contributed by atoms with E-state index in [4.69, 9.17) is 4.74 Å². The van der Waals surface area contributed by atoms with E-state index in [9.17, 15) is 19.5 Å². The van der Waals surface area contributed by atoms with Gasteiger partial charge in [0.15, 0.2) is 0 Å². The van der Waals surface area contributed by atoms with E-state index in [0.29, 0.717) is 32.5 Å². The molecule has 1 spiro atoms. The van der Waals surface area contributed by atoms with Crippen LogP contribution in [0.25, 0.3) is 0 Å². The number of hydrogen-bond acceptors (Lipinski definition) is 6. The number of esters is 1. The Balaban J connectivity index is 1.67. The number of ether oxygens (including phenoxy) is 1. The third-order valence-electron chi connectivity index (χ3n) is 8.70. The number of rotatable bonds is 15. The molecule has 218 valence electrons. The fourth-order valence-electron chi connectivity index (χ4n) is 6.97. The number of aliphatic hydroxyl groups excluding tert-OH is 1. The number of allylic oxidation sites excluding steroid dienone is 1. The molecule has 4 rings (SSSR count). The average Bonchev–Trinajstić information content (AvgIpc) is 3.57. The number of carbonyl (C=O) groups is 3. The van der Waals surface area contributed by atoms with Gasteiger partial charge in [0.25, 0.3) is 5.91 Å². The number of aliphatic hydroxyl groups is 1. The second kappa shape index (κ2) is 13.4. The number of amides is 2. The number of para-hydroxylation sites is 1. The maximum Gasteiger partial charge on any atom is 0.310 e. The van der Waals surface area contributed by atoms with Gasteiger partial charge < -0.3 is 19.6 Å². The fourth-order valence-corrected chi connectivity index (χ4v) is 9.17. The summed E-state index contributed by atoms with van der Waals surface area (Å²) in [6.45, 7) is 12.8. The summed E-state index contributed by atoms with van der Waals surface area (Å²) in [7, 11) is 0.